The summed E-state index contributed by atoms with van der Waals surface area (Å²) in [7, 11) is -7.49. The van der Waals surface area contributed by atoms with Crippen LogP contribution in [0.15, 0.2) is 50.4 Å². The summed E-state index contributed by atoms with van der Waals surface area (Å²) in [6.45, 7) is 2.70. The van der Waals surface area contributed by atoms with E-state index in [0.717, 1.165) is 35.5 Å². The van der Waals surface area contributed by atoms with Crippen molar-refractivity contribution in [2.75, 3.05) is 6.54 Å². The highest BCUT2D eigenvalue weighted by atomic mass is 32.2. The van der Waals surface area contributed by atoms with E-state index in [2.05, 4.69) is 0 Å². The summed E-state index contributed by atoms with van der Waals surface area (Å²) < 4.78 is 53.3. The Morgan fingerprint density at radius 1 is 1.15 bits per heavy atom. The molecule has 0 saturated carbocycles. The van der Waals surface area contributed by atoms with Crippen molar-refractivity contribution in [2.45, 2.75) is 52.8 Å². The molecule has 0 spiro atoms. The summed E-state index contributed by atoms with van der Waals surface area (Å²) in [6, 6.07) is 8.79. The number of sulfone groups is 1. The van der Waals surface area contributed by atoms with Crippen LogP contribution in [0.1, 0.15) is 31.1 Å². The van der Waals surface area contributed by atoms with Gasteiger partial charge in [0.1, 0.15) is 4.21 Å². The number of nitrogens with zero attached hydrogens (tertiary/aromatic N) is 1. The van der Waals surface area contributed by atoms with Crippen molar-refractivity contribution in [1.82, 2.24) is 4.31 Å². The Labute approximate surface area is 158 Å². The maximum absolute atomic E-state index is 13.0. The van der Waals surface area contributed by atoms with Gasteiger partial charge in [0.15, 0.2) is 0 Å². The summed E-state index contributed by atoms with van der Waals surface area (Å²) in [4.78, 5) is 0.765. The van der Waals surface area contributed by atoms with Gasteiger partial charge in [-0.2, -0.15) is 4.31 Å². The molecular weight excluding hydrogens is 392 g/mol. The lowest BCUT2D eigenvalue weighted by atomic mass is 10.2. The molecule has 0 radical (unpaired) electrons. The van der Waals surface area contributed by atoms with Crippen LogP contribution in [0.3, 0.4) is 0 Å². The molecule has 1 saturated heterocycles. The van der Waals surface area contributed by atoms with Crippen LogP contribution in [0.2, 0.25) is 0 Å². The average molecular weight is 415 g/mol. The highest BCUT2D eigenvalue weighted by molar-refractivity contribution is 7.93. The molecule has 0 unspecified atom stereocenters. The van der Waals surface area contributed by atoms with E-state index in [4.69, 9.17) is 5.73 Å². The van der Waals surface area contributed by atoms with Crippen molar-refractivity contribution in [3.63, 3.8) is 0 Å². The van der Waals surface area contributed by atoms with Gasteiger partial charge in [-0.1, -0.05) is 13.0 Å². The van der Waals surface area contributed by atoms with Gasteiger partial charge in [0.2, 0.25) is 19.9 Å². The van der Waals surface area contributed by atoms with Gasteiger partial charge in [0, 0.05) is 24.0 Å². The van der Waals surface area contributed by atoms with Crippen LogP contribution in [-0.2, 0) is 26.4 Å². The van der Waals surface area contributed by atoms with Crippen molar-refractivity contribution in [2.24, 2.45) is 5.73 Å². The van der Waals surface area contributed by atoms with Gasteiger partial charge in [-0.15, -0.1) is 11.3 Å². The second-order valence-electron chi connectivity index (χ2n) is 6.22. The number of sulfonamides is 1. The van der Waals surface area contributed by atoms with Crippen LogP contribution in [0.5, 0.6) is 0 Å². The van der Waals surface area contributed by atoms with Gasteiger partial charge >= 0.3 is 0 Å². The highest BCUT2D eigenvalue weighted by Gasteiger charge is 2.34. The van der Waals surface area contributed by atoms with Crippen molar-refractivity contribution < 1.29 is 16.8 Å². The molecule has 2 heterocycles. The minimum absolute atomic E-state index is 0.0174. The number of rotatable bonds is 6. The van der Waals surface area contributed by atoms with Crippen LogP contribution in [0.25, 0.3) is 0 Å². The lowest BCUT2D eigenvalue weighted by Crippen LogP contribution is -2.35. The van der Waals surface area contributed by atoms with Crippen LogP contribution in [0.4, 0.5) is 0 Å². The molecule has 2 N–H and O–H groups in total. The Hall–Kier alpha value is -1.26. The topological polar surface area (TPSA) is 97.5 Å². The molecular formula is C17H22N2O4S3. The third kappa shape index (κ3) is 3.46. The molecule has 1 aromatic heterocycles. The van der Waals surface area contributed by atoms with Gasteiger partial charge in [-0.25, -0.2) is 16.8 Å². The highest BCUT2D eigenvalue weighted by Crippen LogP contribution is 2.31. The maximum atomic E-state index is 13.0. The smallest absolute Gasteiger partial charge is 0.243 e. The first-order valence-electron chi connectivity index (χ1n) is 8.46. The quantitative estimate of drug-likeness (QED) is 0.783. The number of nitrogens with two attached hydrogens (primary N) is 1. The number of hydrogen-bond acceptors (Lipinski definition) is 6. The number of thiophene rings is 1. The molecule has 0 bridgehead atoms. The zero-order valence-electron chi connectivity index (χ0n) is 14.5. The minimum Gasteiger partial charge on any atom is -0.326 e. The lowest BCUT2D eigenvalue weighted by molar-refractivity contribution is 0.379. The fourth-order valence-electron chi connectivity index (χ4n) is 3.20. The third-order valence-corrected chi connectivity index (χ3v) is 9.92. The van der Waals surface area contributed by atoms with E-state index in [9.17, 15) is 16.8 Å². The van der Waals surface area contributed by atoms with Crippen molar-refractivity contribution in [3.8, 4) is 0 Å². The molecule has 0 aliphatic carbocycles. The van der Waals surface area contributed by atoms with E-state index < -0.39 is 19.9 Å². The Bertz CT molecular complexity index is 997. The minimum atomic E-state index is -3.77. The molecule has 1 fully saturated rings. The summed E-state index contributed by atoms with van der Waals surface area (Å²) in [5.74, 6) is 0. The standard InChI is InChI=1S/C17H22N2O4S3/c1-2-13-5-4-10-19(13)26(22,23)16-7-3-6-15(11-16)25(20,21)17-9-8-14(12-18)24-17/h3,6-9,11,13H,2,4-5,10,12,18H2,1H3/t13-/m1/s1. The molecule has 0 amide bonds. The van der Waals surface area contributed by atoms with Crippen LogP contribution >= 0.6 is 11.3 Å². The normalized spacial score (nSPS) is 19.1. The van der Waals surface area contributed by atoms with Gasteiger partial charge in [0.05, 0.1) is 9.79 Å². The Morgan fingerprint density at radius 2 is 1.88 bits per heavy atom. The van der Waals surface area contributed by atoms with Crippen LogP contribution in [0, 0.1) is 0 Å². The SMILES string of the molecule is CC[C@@H]1CCCN1S(=O)(=O)c1cccc(S(=O)(=O)c2ccc(CN)s2)c1. The molecule has 1 atom stereocenters. The summed E-state index contributed by atoms with van der Waals surface area (Å²) in [5, 5.41) is 0. The number of benzene rings is 1. The summed E-state index contributed by atoms with van der Waals surface area (Å²) in [5.41, 5.74) is 5.55. The zero-order valence-corrected chi connectivity index (χ0v) is 16.9. The Kier molecular flexibility index (Phi) is 5.55. The molecule has 1 aliphatic heterocycles. The van der Waals surface area contributed by atoms with Gasteiger partial charge in [-0.05, 0) is 49.6 Å². The van der Waals surface area contributed by atoms with Crippen molar-refractivity contribution >= 4 is 31.2 Å². The number of hydrogen-bond donors (Lipinski definition) is 1. The van der Waals surface area contributed by atoms with E-state index in [1.807, 2.05) is 6.92 Å². The van der Waals surface area contributed by atoms with Gasteiger partial charge in [-0.3, -0.25) is 0 Å². The van der Waals surface area contributed by atoms with Crippen LogP contribution < -0.4 is 5.73 Å². The molecule has 1 aromatic carbocycles. The Morgan fingerprint density at radius 3 is 2.54 bits per heavy atom. The van der Waals surface area contributed by atoms with Crippen molar-refractivity contribution in [1.29, 1.82) is 0 Å². The van der Waals surface area contributed by atoms with E-state index in [1.54, 1.807) is 6.07 Å². The first-order valence-corrected chi connectivity index (χ1v) is 12.2. The first-order chi connectivity index (χ1) is 12.3. The lowest BCUT2D eigenvalue weighted by Gasteiger charge is -2.23. The molecule has 26 heavy (non-hydrogen) atoms. The second-order valence-corrected chi connectivity index (χ2v) is 11.5. The monoisotopic (exact) mass is 414 g/mol. The van der Waals surface area contributed by atoms with Gasteiger partial charge < -0.3 is 5.73 Å². The predicted octanol–water partition coefficient (Wildman–Crippen LogP) is 2.60. The fraction of sp³-hybridized carbons (Fsp3) is 0.412. The van der Waals surface area contributed by atoms with Crippen LogP contribution in [-0.4, -0.2) is 33.7 Å². The first kappa shape index (κ1) is 19.5. The van der Waals surface area contributed by atoms with E-state index in [0.29, 0.717) is 6.54 Å². The summed E-state index contributed by atoms with van der Waals surface area (Å²) in [6.07, 6.45) is 2.41. The molecule has 142 valence electrons. The molecule has 3 rings (SSSR count). The molecule has 1 aliphatic rings. The fourth-order valence-corrected chi connectivity index (χ4v) is 7.77. The zero-order chi connectivity index (χ0) is 18.9. The van der Waals surface area contributed by atoms with E-state index in [1.165, 1.54) is 34.6 Å². The third-order valence-electron chi connectivity index (χ3n) is 4.62. The summed E-state index contributed by atoms with van der Waals surface area (Å²) >= 11 is 1.10. The average Bonchev–Trinajstić information content (AvgIpc) is 3.31. The largest absolute Gasteiger partial charge is 0.326 e. The molecule has 6 nitrogen and oxygen atoms in total. The van der Waals surface area contributed by atoms with Gasteiger partial charge in [0.25, 0.3) is 0 Å². The van der Waals surface area contributed by atoms with E-state index in [-0.39, 0.29) is 26.6 Å². The molecule has 9 heteroatoms. The van der Waals surface area contributed by atoms with Crippen molar-refractivity contribution in [3.05, 3.63) is 41.3 Å². The second kappa shape index (κ2) is 7.40. The Balaban J connectivity index is 2.00. The predicted molar refractivity (Wildman–Crippen MR) is 101 cm³/mol. The van der Waals surface area contributed by atoms with E-state index >= 15 is 0 Å². The maximum Gasteiger partial charge on any atom is 0.243 e. The molecule has 2 aromatic rings.